The van der Waals surface area contributed by atoms with Gasteiger partial charge in [-0.15, -0.1) is 0 Å². The van der Waals surface area contributed by atoms with Crippen molar-refractivity contribution in [2.45, 2.75) is 110 Å². The molecule has 0 bridgehead atoms. The molecule has 1 aromatic carbocycles. The van der Waals surface area contributed by atoms with Crippen molar-refractivity contribution in [3.8, 4) is 0 Å². The third-order valence-electron chi connectivity index (χ3n) is 6.13. The van der Waals surface area contributed by atoms with Gasteiger partial charge < -0.3 is 21.8 Å². The maximum Gasteiger partial charge on any atom is 0.102 e. The molecule has 0 saturated heterocycles. The third-order valence-corrected chi connectivity index (χ3v) is 6.13. The highest BCUT2D eigenvalue weighted by atomic mass is 35.5. The molecule has 190 valence electrons. The van der Waals surface area contributed by atoms with E-state index in [0.717, 1.165) is 6.54 Å². The van der Waals surface area contributed by atoms with Gasteiger partial charge in [-0.3, -0.25) is 0 Å². The molecule has 2 nitrogen and oxygen atoms in total. The van der Waals surface area contributed by atoms with Crippen molar-refractivity contribution in [2.24, 2.45) is 0 Å². The maximum atomic E-state index is 2.40. The molecule has 0 aliphatic rings. The van der Waals surface area contributed by atoms with E-state index in [2.05, 4.69) is 72.4 Å². The number of nitrogens with one attached hydrogen (secondary N) is 1. The lowest BCUT2D eigenvalue weighted by Gasteiger charge is -2.29. The zero-order valence-corrected chi connectivity index (χ0v) is 23.5. The summed E-state index contributed by atoms with van der Waals surface area (Å²) in [6, 6.07) is 10.5. The molecule has 32 heavy (non-hydrogen) atoms. The molecule has 0 aliphatic carbocycles. The second kappa shape index (κ2) is 23.6. The van der Waals surface area contributed by atoms with E-state index >= 15 is 0 Å². The summed E-state index contributed by atoms with van der Waals surface area (Å²) < 4.78 is 1.23. The molecule has 0 heterocycles. The van der Waals surface area contributed by atoms with Gasteiger partial charge >= 0.3 is 0 Å². The van der Waals surface area contributed by atoms with Crippen LogP contribution in [0.15, 0.2) is 30.3 Å². The first-order valence-corrected chi connectivity index (χ1v) is 13.6. The monoisotopic (exact) mass is 469 g/mol. The fraction of sp³-hybridized carbons (Fsp3) is 0.793. The van der Waals surface area contributed by atoms with E-state index in [4.69, 9.17) is 0 Å². The Kier molecular flexibility index (Phi) is 24.8. The minimum absolute atomic E-state index is 0. The highest BCUT2D eigenvalue weighted by Gasteiger charge is 2.12. The number of benzene rings is 1. The lowest BCUT2D eigenvalue weighted by atomic mass is 10.1. The van der Waals surface area contributed by atoms with Gasteiger partial charge in [0.05, 0.1) is 41.3 Å². The molecule has 0 fully saturated rings. The van der Waals surface area contributed by atoms with Crippen molar-refractivity contribution in [2.75, 3.05) is 41.3 Å². The second-order valence-corrected chi connectivity index (χ2v) is 10.5. The first kappa shape index (κ1) is 33.6. The quantitative estimate of drug-likeness (QED) is 0.245. The molecular weight excluding hydrogens is 412 g/mol. The van der Waals surface area contributed by atoms with Crippen LogP contribution in [-0.4, -0.2) is 45.8 Å². The minimum Gasteiger partial charge on any atom is -1.00 e. The summed E-state index contributed by atoms with van der Waals surface area (Å²) in [5.74, 6) is 0. The van der Waals surface area contributed by atoms with E-state index in [0.29, 0.717) is 0 Å². The van der Waals surface area contributed by atoms with Gasteiger partial charge in [0.25, 0.3) is 0 Å². The number of hydrogen-bond donors (Lipinski definition) is 1. The molecule has 0 amide bonds. The van der Waals surface area contributed by atoms with Crippen molar-refractivity contribution in [3.63, 3.8) is 0 Å². The molecule has 0 atom stereocenters. The van der Waals surface area contributed by atoms with Crippen molar-refractivity contribution in [3.05, 3.63) is 35.9 Å². The van der Waals surface area contributed by atoms with Gasteiger partial charge in [0, 0.05) is 5.56 Å². The topological polar surface area (TPSA) is 4.44 Å². The van der Waals surface area contributed by atoms with Crippen molar-refractivity contribution in [1.82, 2.24) is 0 Å². The molecule has 1 rings (SSSR count). The highest BCUT2D eigenvalue weighted by Crippen LogP contribution is 2.13. The summed E-state index contributed by atoms with van der Waals surface area (Å²) in [6.07, 6.45) is 20.2. The van der Waals surface area contributed by atoms with E-state index in [-0.39, 0.29) is 12.4 Å². The summed E-state index contributed by atoms with van der Waals surface area (Å²) in [7, 11) is 9.11. The van der Waals surface area contributed by atoms with Crippen LogP contribution in [0.2, 0.25) is 0 Å². The average Bonchev–Trinajstić information content (AvgIpc) is 2.74. The molecular formula is C29H58ClN2+. The highest BCUT2D eigenvalue weighted by molar-refractivity contribution is 5.12. The Hall–Kier alpha value is -0.570. The van der Waals surface area contributed by atoms with Crippen LogP contribution >= 0.6 is 0 Å². The number of quaternary nitrogens is 2. The Bertz CT molecular complexity index is 473. The maximum absolute atomic E-state index is 2.40. The first-order chi connectivity index (χ1) is 14.9. The zero-order valence-electron chi connectivity index (χ0n) is 22.7. The molecule has 0 aromatic heterocycles. The standard InChI is InChI=1S/C20H44N.C9H13N.ClH/c1-5-7-9-10-11-12-13-14-15-16-17-18-20-21(3,4)19-8-6-2;1-10(2)8-9-6-4-3-5-7-9;/h5-20H2,1-4H3;3-7H,8H2,1-2H3;1H/q+1;;. The van der Waals surface area contributed by atoms with E-state index < -0.39 is 0 Å². The Balaban J connectivity index is 0. The summed E-state index contributed by atoms with van der Waals surface area (Å²) in [5.41, 5.74) is 1.41. The minimum atomic E-state index is 0. The average molecular weight is 470 g/mol. The van der Waals surface area contributed by atoms with Crippen molar-refractivity contribution < 1.29 is 21.8 Å². The fourth-order valence-electron chi connectivity index (χ4n) is 4.08. The molecule has 1 aromatic rings. The predicted molar refractivity (Wildman–Crippen MR) is 141 cm³/mol. The Morgan fingerprint density at radius 1 is 0.594 bits per heavy atom. The van der Waals surface area contributed by atoms with Crippen LogP contribution in [-0.2, 0) is 6.54 Å². The van der Waals surface area contributed by atoms with Crippen LogP contribution in [0.4, 0.5) is 0 Å². The summed E-state index contributed by atoms with van der Waals surface area (Å²) in [6.45, 7) is 8.43. The summed E-state index contributed by atoms with van der Waals surface area (Å²) in [4.78, 5) is 1.46. The van der Waals surface area contributed by atoms with Crippen LogP contribution < -0.4 is 17.3 Å². The van der Waals surface area contributed by atoms with Crippen LogP contribution in [0.5, 0.6) is 0 Å². The van der Waals surface area contributed by atoms with Crippen LogP contribution in [0, 0.1) is 0 Å². The van der Waals surface area contributed by atoms with E-state index in [9.17, 15) is 0 Å². The fourth-order valence-corrected chi connectivity index (χ4v) is 4.08. The molecule has 1 N–H and O–H groups in total. The number of nitrogens with zero attached hydrogens (tertiary/aromatic N) is 1. The van der Waals surface area contributed by atoms with E-state index in [1.54, 1.807) is 0 Å². The Morgan fingerprint density at radius 3 is 1.44 bits per heavy atom. The molecule has 3 heteroatoms. The molecule has 0 spiro atoms. The van der Waals surface area contributed by atoms with Gasteiger partial charge in [-0.1, -0.05) is 115 Å². The van der Waals surface area contributed by atoms with Crippen LogP contribution in [0.3, 0.4) is 0 Å². The van der Waals surface area contributed by atoms with E-state index in [1.165, 1.54) is 118 Å². The molecule has 0 radical (unpaired) electrons. The van der Waals surface area contributed by atoms with Crippen molar-refractivity contribution >= 4 is 0 Å². The lowest BCUT2D eigenvalue weighted by molar-refractivity contribution is -0.890. The summed E-state index contributed by atoms with van der Waals surface area (Å²) >= 11 is 0. The second-order valence-electron chi connectivity index (χ2n) is 10.5. The smallest absolute Gasteiger partial charge is 0.102 e. The van der Waals surface area contributed by atoms with Gasteiger partial charge in [0.1, 0.15) is 6.54 Å². The molecule has 0 aliphatic heterocycles. The molecule has 0 saturated carbocycles. The summed E-state index contributed by atoms with van der Waals surface area (Å²) in [5, 5.41) is 0. The van der Waals surface area contributed by atoms with Gasteiger partial charge in [-0.05, 0) is 19.3 Å². The van der Waals surface area contributed by atoms with E-state index in [1.807, 2.05) is 0 Å². The molecule has 0 unspecified atom stereocenters. The van der Waals surface area contributed by atoms with Gasteiger partial charge in [0.15, 0.2) is 0 Å². The number of rotatable bonds is 18. The SMILES string of the molecule is CCCCCCCCCCCCCC[N+](C)(C)CCCC.C[NH+](C)Cc1ccccc1.[Cl-]. The van der Waals surface area contributed by atoms with Gasteiger partial charge in [0.2, 0.25) is 0 Å². The van der Waals surface area contributed by atoms with Crippen molar-refractivity contribution in [1.29, 1.82) is 0 Å². The normalized spacial score (nSPS) is 11.1. The number of halogens is 1. The predicted octanol–water partition coefficient (Wildman–Crippen LogP) is 3.90. The van der Waals surface area contributed by atoms with Crippen LogP contribution in [0.1, 0.15) is 109 Å². The number of unbranched alkanes of at least 4 members (excludes halogenated alkanes) is 12. The Morgan fingerprint density at radius 2 is 1.00 bits per heavy atom. The van der Waals surface area contributed by atoms with Gasteiger partial charge in [-0.25, -0.2) is 0 Å². The lowest BCUT2D eigenvalue weighted by Crippen LogP contribution is -3.04. The number of hydrogen-bond acceptors (Lipinski definition) is 0. The Labute approximate surface area is 209 Å². The largest absolute Gasteiger partial charge is 1.00 e. The van der Waals surface area contributed by atoms with Gasteiger partial charge in [-0.2, -0.15) is 0 Å². The first-order valence-electron chi connectivity index (χ1n) is 13.6. The third kappa shape index (κ3) is 24.1. The zero-order chi connectivity index (χ0) is 23.2. The van der Waals surface area contributed by atoms with Crippen LogP contribution in [0.25, 0.3) is 0 Å².